The standard InChI is InChI=1S/C19H14FN3O3/c1-11-16(17(23-26-11)12-6-4-3-5-7-12)19-22-21-18(25-19)14-9-8-13(20)10-15(14)24-2/h3-10H,1-2H3. The molecule has 0 unspecified atom stereocenters. The van der Waals surface area contributed by atoms with Gasteiger partial charge in [0.1, 0.15) is 28.6 Å². The highest BCUT2D eigenvalue weighted by Gasteiger charge is 2.23. The third-order valence-corrected chi connectivity index (χ3v) is 3.94. The quantitative estimate of drug-likeness (QED) is 0.538. The van der Waals surface area contributed by atoms with Gasteiger partial charge in [-0.3, -0.25) is 0 Å². The van der Waals surface area contributed by atoms with Gasteiger partial charge in [0.25, 0.3) is 11.8 Å². The van der Waals surface area contributed by atoms with Gasteiger partial charge in [0.2, 0.25) is 0 Å². The summed E-state index contributed by atoms with van der Waals surface area (Å²) < 4.78 is 29.7. The first-order chi connectivity index (χ1) is 12.7. The van der Waals surface area contributed by atoms with Crippen LogP contribution in [-0.4, -0.2) is 22.5 Å². The zero-order valence-corrected chi connectivity index (χ0v) is 14.1. The molecular weight excluding hydrogens is 337 g/mol. The lowest BCUT2D eigenvalue weighted by Gasteiger charge is -2.04. The van der Waals surface area contributed by atoms with E-state index in [1.807, 2.05) is 30.3 Å². The van der Waals surface area contributed by atoms with E-state index < -0.39 is 5.82 Å². The summed E-state index contributed by atoms with van der Waals surface area (Å²) in [7, 11) is 1.45. The van der Waals surface area contributed by atoms with E-state index in [1.165, 1.54) is 25.3 Å². The van der Waals surface area contributed by atoms with Gasteiger partial charge in [-0.15, -0.1) is 10.2 Å². The Bertz CT molecular complexity index is 1060. The zero-order chi connectivity index (χ0) is 18.1. The summed E-state index contributed by atoms with van der Waals surface area (Å²) in [6.07, 6.45) is 0. The maximum Gasteiger partial charge on any atom is 0.254 e. The van der Waals surface area contributed by atoms with Crippen molar-refractivity contribution in [1.29, 1.82) is 0 Å². The zero-order valence-electron chi connectivity index (χ0n) is 14.1. The first-order valence-corrected chi connectivity index (χ1v) is 7.87. The van der Waals surface area contributed by atoms with Crippen LogP contribution in [-0.2, 0) is 0 Å². The van der Waals surface area contributed by atoms with Crippen LogP contribution >= 0.6 is 0 Å². The second-order valence-electron chi connectivity index (χ2n) is 5.59. The van der Waals surface area contributed by atoms with E-state index in [9.17, 15) is 4.39 Å². The molecule has 0 aliphatic rings. The number of rotatable bonds is 4. The maximum atomic E-state index is 13.4. The number of benzene rings is 2. The summed E-state index contributed by atoms with van der Waals surface area (Å²) >= 11 is 0. The molecule has 130 valence electrons. The van der Waals surface area contributed by atoms with Crippen molar-refractivity contribution in [1.82, 2.24) is 15.4 Å². The van der Waals surface area contributed by atoms with Gasteiger partial charge in [-0.1, -0.05) is 35.5 Å². The van der Waals surface area contributed by atoms with Gasteiger partial charge in [-0.05, 0) is 19.1 Å². The Hall–Kier alpha value is -3.48. The predicted molar refractivity (Wildman–Crippen MR) is 91.9 cm³/mol. The monoisotopic (exact) mass is 351 g/mol. The van der Waals surface area contributed by atoms with Crippen LogP contribution in [0.4, 0.5) is 4.39 Å². The fourth-order valence-corrected chi connectivity index (χ4v) is 2.69. The van der Waals surface area contributed by atoms with Crippen LogP contribution in [0.25, 0.3) is 34.2 Å². The average Bonchev–Trinajstić information content (AvgIpc) is 3.28. The van der Waals surface area contributed by atoms with Crippen molar-refractivity contribution in [3.63, 3.8) is 0 Å². The van der Waals surface area contributed by atoms with Crippen molar-refractivity contribution in [3.8, 4) is 39.9 Å². The minimum atomic E-state index is -0.411. The highest BCUT2D eigenvalue weighted by atomic mass is 19.1. The molecule has 0 aliphatic carbocycles. The Morgan fingerprint density at radius 1 is 1.00 bits per heavy atom. The molecule has 0 radical (unpaired) electrons. The average molecular weight is 351 g/mol. The molecule has 0 bridgehead atoms. The molecule has 4 aromatic rings. The van der Waals surface area contributed by atoms with Gasteiger partial charge in [-0.25, -0.2) is 4.39 Å². The SMILES string of the molecule is COc1cc(F)ccc1-c1nnc(-c2c(-c3ccccc3)noc2C)o1. The molecule has 26 heavy (non-hydrogen) atoms. The number of nitrogens with zero attached hydrogens (tertiary/aromatic N) is 3. The molecule has 0 N–H and O–H groups in total. The number of methoxy groups -OCH3 is 1. The van der Waals surface area contributed by atoms with Gasteiger partial charge in [-0.2, -0.15) is 0 Å². The van der Waals surface area contributed by atoms with Crippen LogP contribution in [0, 0.1) is 12.7 Å². The smallest absolute Gasteiger partial charge is 0.254 e. The highest BCUT2D eigenvalue weighted by molar-refractivity contribution is 5.78. The molecule has 2 heterocycles. The molecule has 0 aliphatic heterocycles. The van der Waals surface area contributed by atoms with Gasteiger partial charge in [0, 0.05) is 11.6 Å². The second kappa shape index (κ2) is 6.44. The van der Waals surface area contributed by atoms with Crippen molar-refractivity contribution in [2.45, 2.75) is 6.92 Å². The van der Waals surface area contributed by atoms with Crippen LogP contribution in [0.15, 0.2) is 57.5 Å². The van der Waals surface area contributed by atoms with E-state index in [0.717, 1.165) is 5.56 Å². The third kappa shape index (κ3) is 2.73. The molecular formula is C19H14FN3O3. The van der Waals surface area contributed by atoms with Crippen LogP contribution in [0.5, 0.6) is 5.75 Å². The highest BCUT2D eigenvalue weighted by Crippen LogP contribution is 2.36. The summed E-state index contributed by atoms with van der Waals surface area (Å²) in [6, 6.07) is 13.7. The first kappa shape index (κ1) is 16.0. The number of hydrogen-bond acceptors (Lipinski definition) is 6. The summed E-state index contributed by atoms with van der Waals surface area (Å²) in [6.45, 7) is 1.77. The Kier molecular flexibility index (Phi) is 3.96. The Morgan fingerprint density at radius 3 is 2.54 bits per heavy atom. The van der Waals surface area contributed by atoms with Crippen LogP contribution in [0.3, 0.4) is 0 Å². The van der Waals surface area contributed by atoms with E-state index in [1.54, 1.807) is 6.92 Å². The Morgan fingerprint density at radius 2 is 1.77 bits per heavy atom. The lowest BCUT2D eigenvalue weighted by Crippen LogP contribution is -1.89. The molecule has 0 amide bonds. The van der Waals surface area contributed by atoms with E-state index in [4.69, 9.17) is 13.7 Å². The van der Waals surface area contributed by atoms with Crippen molar-refractivity contribution in [3.05, 3.63) is 60.1 Å². The number of aryl methyl sites for hydroxylation is 1. The normalized spacial score (nSPS) is 10.9. The molecule has 0 fully saturated rings. The van der Waals surface area contributed by atoms with E-state index >= 15 is 0 Å². The van der Waals surface area contributed by atoms with E-state index in [-0.39, 0.29) is 11.8 Å². The molecule has 0 saturated carbocycles. The first-order valence-electron chi connectivity index (χ1n) is 7.87. The van der Waals surface area contributed by atoms with Crippen molar-refractivity contribution >= 4 is 0 Å². The second-order valence-corrected chi connectivity index (χ2v) is 5.59. The molecule has 0 spiro atoms. The van der Waals surface area contributed by atoms with Gasteiger partial charge < -0.3 is 13.7 Å². The molecule has 6 nitrogen and oxygen atoms in total. The number of hydrogen-bond donors (Lipinski definition) is 0. The number of halogens is 1. The maximum absolute atomic E-state index is 13.4. The lowest BCUT2D eigenvalue weighted by molar-refractivity contribution is 0.399. The summed E-state index contributed by atoms with van der Waals surface area (Å²) in [5.74, 6) is 0.947. The van der Waals surface area contributed by atoms with E-state index in [2.05, 4.69) is 15.4 Å². The molecule has 0 atom stereocenters. The fraction of sp³-hybridized carbons (Fsp3) is 0.105. The molecule has 0 saturated heterocycles. The van der Waals surface area contributed by atoms with E-state index in [0.29, 0.717) is 28.3 Å². The minimum Gasteiger partial charge on any atom is -0.496 e. The summed E-state index contributed by atoms with van der Waals surface area (Å²) in [5, 5.41) is 12.3. The molecule has 2 aromatic carbocycles. The summed E-state index contributed by atoms with van der Waals surface area (Å²) in [5.41, 5.74) is 2.61. The fourth-order valence-electron chi connectivity index (χ4n) is 2.69. The largest absolute Gasteiger partial charge is 0.496 e. The number of ether oxygens (including phenoxy) is 1. The Balaban J connectivity index is 1.80. The van der Waals surface area contributed by atoms with Crippen molar-refractivity contribution in [2.24, 2.45) is 0 Å². The van der Waals surface area contributed by atoms with Gasteiger partial charge in [0.05, 0.1) is 12.7 Å². The topological polar surface area (TPSA) is 74.2 Å². The lowest BCUT2D eigenvalue weighted by atomic mass is 10.1. The molecule has 2 aromatic heterocycles. The minimum absolute atomic E-state index is 0.219. The third-order valence-electron chi connectivity index (χ3n) is 3.94. The van der Waals surface area contributed by atoms with Crippen LogP contribution in [0.2, 0.25) is 0 Å². The van der Waals surface area contributed by atoms with Gasteiger partial charge in [0.15, 0.2) is 0 Å². The summed E-state index contributed by atoms with van der Waals surface area (Å²) in [4.78, 5) is 0. The van der Waals surface area contributed by atoms with Crippen molar-refractivity contribution < 1.29 is 18.1 Å². The Labute approximate surface area is 148 Å². The van der Waals surface area contributed by atoms with Crippen molar-refractivity contribution in [2.75, 3.05) is 7.11 Å². The van der Waals surface area contributed by atoms with Gasteiger partial charge >= 0.3 is 0 Å². The van der Waals surface area contributed by atoms with Crippen LogP contribution in [0.1, 0.15) is 5.76 Å². The number of aromatic nitrogens is 3. The predicted octanol–water partition coefficient (Wildman–Crippen LogP) is 4.51. The molecule has 4 rings (SSSR count). The van der Waals surface area contributed by atoms with Crippen LogP contribution < -0.4 is 4.74 Å². The molecule has 7 heteroatoms.